The molecular formula is C25H38N2O5Si. The summed E-state index contributed by atoms with van der Waals surface area (Å²) in [6.07, 6.45) is 0.122. The number of hydrogen-bond donors (Lipinski definition) is 0. The Bertz CT molecular complexity index is 896. The van der Waals surface area contributed by atoms with Gasteiger partial charge in [0.25, 0.3) is 11.8 Å². The lowest BCUT2D eigenvalue weighted by Gasteiger charge is -2.44. The summed E-state index contributed by atoms with van der Waals surface area (Å²) >= 11 is 0. The van der Waals surface area contributed by atoms with Crippen molar-refractivity contribution >= 4 is 26.2 Å². The predicted molar refractivity (Wildman–Crippen MR) is 130 cm³/mol. The minimum Gasteiger partial charge on any atom is -0.444 e. The summed E-state index contributed by atoms with van der Waals surface area (Å²) in [5.74, 6) is -0.713. The van der Waals surface area contributed by atoms with Crippen LogP contribution in [0.1, 0.15) is 68.7 Å². The standard InChI is InChI=1S/C25H38N2O5Si/c1-24(2,3)32-23(30)26-14-13-20(17(15-26)16-31-33(7,8)25(4,5)6)27-21(28)18-11-9-10-12-19(18)22(27)29/h9-12,17,20H,13-16H2,1-8H3. The Morgan fingerprint density at radius 3 is 2.06 bits per heavy atom. The number of likely N-dealkylation sites (tertiary alicyclic amines) is 1. The lowest BCUT2D eigenvalue weighted by Crippen LogP contribution is -2.56. The number of ether oxygens (including phenoxy) is 1. The Morgan fingerprint density at radius 2 is 1.58 bits per heavy atom. The molecule has 2 heterocycles. The molecule has 7 nitrogen and oxygen atoms in total. The maximum Gasteiger partial charge on any atom is 0.410 e. The van der Waals surface area contributed by atoms with Gasteiger partial charge in [-0.2, -0.15) is 0 Å². The number of carbonyl (C=O) groups is 3. The van der Waals surface area contributed by atoms with E-state index in [1.54, 1.807) is 29.2 Å². The second kappa shape index (κ2) is 8.87. The number of hydrogen-bond acceptors (Lipinski definition) is 5. The summed E-state index contributed by atoms with van der Waals surface area (Å²) in [5, 5.41) is 0.0253. The van der Waals surface area contributed by atoms with Crippen LogP contribution in [0, 0.1) is 5.92 Å². The zero-order chi connectivity index (χ0) is 24.8. The van der Waals surface area contributed by atoms with Crippen molar-refractivity contribution in [1.29, 1.82) is 0 Å². The highest BCUT2D eigenvalue weighted by Crippen LogP contribution is 2.38. The molecule has 1 fully saturated rings. The first-order chi connectivity index (χ1) is 15.1. The Labute approximate surface area is 198 Å². The number of piperidine rings is 1. The Balaban J connectivity index is 1.85. The van der Waals surface area contributed by atoms with Crippen molar-refractivity contribution < 1.29 is 23.5 Å². The van der Waals surface area contributed by atoms with Crippen LogP contribution in [0.3, 0.4) is 0 Å². The van der Waals surface area contributed by atoms with E-state index >= 15 is 0 Å². The lowest BCUT2D eigenvalue weighted by molar-refractivity contribution is -0.00122. The number of carbonyl (C=O) groups excluding carboxylic acids is 3. The van der Waals surface area contributed by atoms with Gasteiger partial charge in [-0.1, -0.05) is 32.9 Å². The van der Waals surface area contributed by atoms with Crippen LogP contribution in [0.5, 0.6) is 0 Å². The lowest BCUT2D eigenvalue weighted by atomic mass is 9.91. The molecule has 0 aromatic heterocycles. The third kappa shape index (κ3) is 5.32. The zero-order valence-corrected chi connectivity index (χ0v) is 22.2. The summed E-state index contributed by atoms with van der Waals surface area (Å²) in [5.41, 5.74) is 0.297. The number of rotatable bonds is 4. The summed E-state index contributed by atoms with van der Waals surface area (Å²) in [6, 6.07) is 6.62. The van der Waals surface area contributed by atoms with E-state index < -0.39 is 13.9 Å². The van der Waals surface area contributed by atoms with E-state index in [2.05, 4.69) is 33.9 Å². The zero-order valence-electron chi connectivity index (χ0n) is 21.2. The van der Waals surface area contributed by atoms with Gasteiger partial charge >= 0.3 is 6.09 Å². The molecule has 0 radical (unpaired) electrons. The van der Waals surface area contributed by atoms with Crippen LogP contribution in [0.25, 0.3) is 0 Å². The molecule has 182 valence electrons. The van der Waals surface area contributed by atoms with Crippen LogP contribution in [-0.2, 0) is 9.16 Å². The van der Waals surface area contributed by atoms with Crippen LogP contribution in [-0.4, -0.2) is 67.4 Å². The molecule has 2 aliphatic heterocycles. The van der Waals surface area contributed by atoms with Crippen molar-refractivity contribution in [2.75, 3.05) is 19.7 Å². The molecule has 1 aromatic rings. The number of fused-ring (bicyclic) bond motifs is 1. The minimum atomic E-state index is -2.07. The molecular weight excluding hydrogens is 436 g/mol. The molecule has 0 saturated carbocycles. The van der Waals surface area contributed by atoms with Crippen LogP contribution < -0.4 is 0 Å². The van der Waals surface area contributed by atoms with Crippen molar-refractivity contribution in [2.24, 2.45) is 5.92 Å². The molecule has 33 heavy (non-hydrogen) atoms. The van der Waals surface area contributed by atoms with Crippen molar-refractivity contribution in [3.63, 3.8) is 0 Å². The Kier molecular flexibility index (Phi) is 6.84. The average Bonchev–Trinajstić information content (AvgIpc) is 2.95. The molecule has 3 amide bonds. The van der Waals surface area contributed by atoms with Gasteiger partial charge in [-0.3, -0.25) is 14.5 Å². The summed E-state index contributed by atoms with van der Waals surface area (Å²) in [6.45, 7) is 17.6. The molecule has 1 saturated heterocycles. The fraction of sp³-hybridized carbons (Fsp3) is 0.640. The number of nitrogens with zero attached hydrogens (tertiary/aromatic N) is 2. The van der Waals surface area contributed by atoms with Gasteiger partial charge in [-0.15, -0.1) is 0 Å². The maximum atomic E-state index is 13.2. The van der Waals surface area contributed by atoms with Gasteiger partial charge in [-0.05, 0) is 57.5 Å². The van der Waals surface area contributed by atoms with Crippen LogP contribution in [0.2, 0.25) is 18.1 Å². The predicted octanol–water partition coefficient (Wildman–Crippen LogP) is 4.93. The maximum absolute atomic E-state index is 13.2. The van der Waals surface area contributed by atoms with E-state index in [-0.39, 0.29) is 34.9 Å². The molecule has 0 spiro atoms. The van der Waals surface area contributed by atoms with Gasteiger partial charge in [0.15, 0.2) is 8.32 Å². The molecule has 3 rings (SSSR count). The first kappa shape index (κ1) is 25.4. The summed E-state index contributed by atoms with van der Waals surface area (Å²) in [7, 11) is -2.07. The molecule has 0 aliphatic carbocycles. The Morgan fingerprint density at radius 1 is 1.03 bits per heavy atom. The molecule has 2 aliphatic rings. The first-order valence-electron chi connectivity index (χ1n) is 11.7. The summed E-state index contributed by atoms with van der Waals surface area (Å²) < 4.78 is 12.1. The van der Waals surface area contributed by atoms with E-state index in [1.165, 1.54) is 4.90 Å². The van der Waals surface area contributed by atoms with E-state index in [0.717, 1.165) is 0 Å². The van der Waals surface area contributed by atoms with Gasteiger partial charge in [0, 0.05) is 31.7 Å². The normalized spacial score (nSPS) is 21.9. The number of benzene rings is 1. The average molecular weight is 475 g/mol. The van der Waals surface area contributed by atoms with Crippen molar-refractivity contribution in [2.45, 2.75) is 77.7 Å². The third-order valence-electron chi connectivity index (χ3n) is 6.97. The molecule has 2 unspecified atom stereocenters. The third-order valence-corrected chi connectivity index (χ3v) is 11.5. The summed E-state index contributed by atoms with van der Waals surface area (Å²) in [4.78, 5) is 42.2. The highest BCUT2D eigenvalue weighted by molar-refractivity contribution is 6.74. The van der Waals surface area contributed by atoms with E-state index in [1.807, 2.05) is 20.8 Å². The highest BCUT2D eigenvalue weighted by Gasteiger charge is 2.46. The van der Waals surface area contributed by atoms with E-state index in [0.29, 0.717) is 37.2 Å². The van der Waals surface area contributed by atoms with Gasteiger partial charge < -0.3 is 14.1 Å². The fourth-order valence-corrected chi connectivity index (χ4v) is 5.12. The van der Waals surface area contributed by atoms with E-state index in [9.17, 15) is 14.4 Å². The highest BCUT2D eigenvalue weighted by atomic mass is 28.4. The van der Waals surface area contributed by atoms with E-state index in [4.69, 9.17) is 9.16 Å². The second-order valence-corrected chi connectivity index (χ2v) is 16.4. The SMILES string of the molecule is CC(C)(C)OC(=O)N1CCC(N2C(=O)c3ccccc3C2=O)C(CO[Si](C)(C)C(C)(C)C)C1. The fourth-order valence-electron chi connectivity index (χ4n) is 4.06. The first-order valence-corrected chi connectivity index (χ1v) is 14.6. The van der Waals surface area contributed by atoms with Crippen LogP contribution in [0.4, 0.5) is 4.79 Å². The monoisotopic (exact) mass is 474 g/mol. The number of amides is 3. The van der Waals surface area contributed by atoms with Crippen LogP contribution >= 0.6 is 0 Å². The largest absolute Gasteiger partial charge is 0.444 e. The second-order valence-electron chi connectivity index (χ2n) is 11.6. The molecule has 2 atom stereocenters. The number of imide groups is 1. The van der Waals surface area contributed by atoms with Gasteiger partial charge in [0.2, 0.25) is 0 Å². The molecule has 1 aromatic carbocycles. The van der Waals surface area contributed by atoms with Crippen LogP contribution in [0.15, 0.2) is 24.3 Å². The van der Waals surface area contributed by atoms with Crippen molar-refractivity contribution in [1.82, 2.24) is 9.80 Å². The van der Waals surface area contributed by atoms with Gasteiger partial charge in [0.05, 0.1) is 11.1 Å². The Hall–Kier alpha value is -2.19. The van der Waals surface area contributed by atoms with Crippen molar-refractivity contribution in [3.8, 4) is 0 Å². The van der Waals surface area contributed by atoms with Crippen molar-refractivity contribution in [3.05, 3.63) is 35.4 Å². The van der Waals surface area contributed by atoms with Gasteiger partial charge in [0.1, 0.15) is 5.60 Å². The topological polar surface area (TPSA) is 76.2 Å². The van der Waals surface area contributed by atoms with Gasteiger partial charge in [-0.25, -0.2) is 4.79 Å². The smallest absolute Gasteiger partial charge is 0.410 e. The molecule has 0 N–H and O–H groups in total. The molecule has 0 bridgehead atoms. The quantitative estimate of drug-likeness (QED) is 0.457. The minimum absolute atomic E-state index is 0.0253. The molecule has 8 heteroatoms.